The molecule has 5 heteroatoms. The summed E-state index contributed by atoms with van der Waals surface area (Å²) in [7, 11) is 0. The lowest BCUT2D eigenvalue weighted by atomic mass is 10.2. The number of nitrogens with zero attached hydrogens (tertiary/aromatic N) is 3. The zero-order valence-corrected chi connectivity index (χ0v) is 12.7. The zero-order chi connectivity index (χ0) is 14.2. The van der Waals surface area contributed by atoms with Gasteiger partial charge in [0.05, 0.1) is 5.70 Å². The van der Waals surface area contributed by atoms with Crippen LogP contribution in [0.1, 0.15) is 25.3 Å². The van der Waals surface area contributed by atoms with E-state index in [0.717, 1.165) is 29.7 Å². The molecule has 0 bridgehead atoms. The van der Waals surface area contributed by atoms with Crippen LogP contribution in [-0.2, 0) is 5.75 Å². The van der Waals surface area contributed by atoms with Crippen LogP contribution >= 0.6 is 11.8 Å². The number of allylic oxidation sites excluding steroid dienone is 3. The number of hydrogen-bond acceptors (Lipinski definition) is 4. The van der Waals surface area contributed by atoms with Gasteiger partial charge in [-0.05, 0) is 36.5 Å². The van der Waals surface area contributed by atoms with Crippen LogP contribution in [0.3, 0.4) is 0 Å². The Balaban J connectivity index is 1.58. The van der Waals surface area contributed by atoms with Crippen LogP contribution in [0.5, 0.6) is 0 Å². The maximum atomic E-state index is 4.67. The molecule has 0 radical (unpaired) electrons. The maximum Gasteiger partial charge on any atom is 0.231 e. The van der Waals surface area contributed by atoms with Gasteiger partial charge in [0.15, 0.2) is 0 Å². The van der Waals surface area contributed by atoms with Crippen molar-refractivity contribution in [2.75, 3.05) is 5.32 Å². The van der Waals surface area contributed by atoms with E-state index in [4.69, 9.17) is 0 Å². The lowest BCUT2D eigenvalue weighted by Crippen LogP contribution is -2.11. The van der Waals surface area contributed by atoms with Crippen LogP contribution < -0.4 is 5.32 Å². The number of anilines is 1. The third-order valence-corrected chi connectivity index (χ3v) is 4.77. The number of nitrogens with one attached hydrogen (secondary N) is 1. The molecule has 1 aliphatic heterocycles. The Kier molecular flexibility index (Phi) is 3.07. The van der Waals surface area contributed by atoms with Gasteiger partial charge in [0.2, 0.25) is 11.1 Å². The van der Waals surface area contributed by atoms with E-state index < -0.39 is 0 Å². The number of thioether (sulfide) groups is 1. The Labute approximate surface area is 128 Å². The molecule has 0 atom stereocenters. The summed E-state index contributed by atoms with van der Waals surface area (Å²) in [6.45, 7) is 2.18. The van der Waals surface area contributed by atoms with Gasteiger partial charge in [0.1, 0.15) is 0 Å². The van der Waals surface area contributed by atoms with Crippen molar-refractivity contribution in [1.82, 2.24) is 14.8 Å². The lowest BCUT2D eigenvalue weighted by Gasteiger charge is -2.15. The van der Waals surface area contributed by atoms with Gasteiger partial charge >= 0.3 is 0 Å². The molecule has 106 valence electrons. The maximum absolute atomic E-state index is 4.67. The van der Waals surface area contributed by atoms with Gasteiger partial charge < -0.3 is 5.32 Å². The molecular formula is C16H16N4S. The fraction of sp³-hybridized carbons (Fsp3) is 0.250. The van der Waals surface area contributed by atoms with E-state index in [9.17, 15) is 0 Å². The Bertz CT molecular complexity index is 743. The van der Waals surface area contributed by atoms with Crippen molar-refractivity contribution in [1.29, 1.82) is 0 Å². The Morgan fingerprint density at radius 3 is 2.95 bits per heavy atom. The van der Waals surface area contributed by atoms with Crippen LogP contribution in [0.4, 0.5) is 5.95 Å². The van der Waals surface area contributed by atoms with E-state index in [1.165, 1.54) is 22.4 Å². The molecule has 2 heterocycles. The molecule has 0 saturated carbocycles. The van der Waals surface area contributed by atoms with Gasteiger partial charge in [-0.2, -0.15) is 9.67 Å². The first-order valence-corrected chi connectivity index (χ1v) is 8.10. The number of rotatable bonds is 3. The van der Waals surface area contributed by atoms with Crippen molar-refractivity contribution < 1.29 is 0 Å². The van der Waals surface area contributed by atoms with Crippen molar-refractivity contribution in [2.24, 2.45) is 0 Å². The highest BCUT2D eigenvalue weighted by atomic mass is 32.2. The van der Waals surface area contributed by atoms with Gasteiger partial charge in [0.25, 0.3) is 0 Å². The van der Waals surface area contributed by atoms with Gasteiger partial charge in [0, 0.05) is 12.0 Å². The minimum Gasteiger partial charge on any atom is -0.330 e. The quantitative estimate of drug-likeness (QED) is 0.872. The smallest absolute Gasteiger partial charge is 0.231 e. The highest BCUT2D eigenvalue weighted by Gasteiger charge is 2.26. The predicted octanol–water partition coefficient (Wildman–Crippen LogP) is 3.90. The second-order valence-corrected chi connectivity index (χ2v) is 6.29. The third kappa shape index (κ3) is 2.27. The molecule has 0 fully saturated rings. The lowest BCUT2D eigenvalue weighted by molar-refractivity contribution is 0.846. The molecular weight excluding hydrogens is 280 g/mol. The van der Waals surface area contributed by atoms with E-state index in [2.05, 4.69) is 52.8 Å². The Morgan fingerprint density at radius 1 is 1.24 bits per heavy atom. The monoisotopic (exact) mass is 296 g/mol. The second-order valence-electron chi connectivity index (χ2n) is 5.35. The average molecular weight is 296 g/mol. The Hall–Kier alpha value is -2.01. The highest BCUT2D eigenvalue weighted by Crippen LogP contribution is 2.38. The molecule has 4 rings (SSSR count). The van der Waals surface area contributed by atoms with Crippen LogP contribution in [0.25, 0.3) is 5.70 Å². The van der Waals surface area contributed by atoms with Crippen molar-refractivity contribution >= 4 is 23.4 Å². The summed E-state index contributed by atoms with van der Waals surface area (Å²) in [6, 6.07) is 10.4. The molecule has 1 aromatic carbocycles. The summed E-state index contributed by atoms with van der Waals surface area (Å²) in [6.07, 6.45) is 4.29. The topological polar surface area (TPSA) is 42.7 Å². The van der Waals surface area contributed by atoms with Crippen LogP contribution in [0.15, 0.2) is 52.8 Å². The fourth-order valence-electron chi connectivity index (χ4n) is 2.77. The molecule has 21 heavy (non-hydrogen) atoms. The SMILES string of the molecule is CC1=C2C(=CNc3nc(SCc4ccccc4)nn32)CC1. The second kappa shape index (κ2) is 5.07. The molecule has 1 aromatic heterocycles. The predicted molar refractivity (Wildman–Crippen MR) is 85.9 cm³/mol. The van der Waals surface area contributed by atoms with Crippen LogP contribution in [0.2, 0.25) is 0 Å². The molecule has 2 aliphatic rings. The standard InChI is InChI=1S/C16H16N4S/c1-11-7-8-13-9-17-15-18-16(19-20(15)14(11)13)21-10-12-5-3-2-4-6-12/h2-6,9H,7-8,10H2,1H3,(H,17,18,19). The van der Waals surface area contributed by atoms with Crippen LogP contribution in [-0.4, -0.2) is 14.8 Å². The zero-order valence-electron chi connectivity index (χ0n) is 11.8. The number of aromatic nitrogens is 3. The summed E-state index contributed by atoms with van der Waals surface area (Å²) < 4.78 is 1.96. The summed E-state index contributed by atoms with van der Waals surface area (Å²) in [4.78, 5) is 4.59. The van der Waals surface area contributed by atoms with E-state index in [0.29, 0.717) is 0 Å². The molecule has 1 N–H and O–H groups in total. The van der Waals surface area contributed by atoms with E-state index >= 15 is 0 Å². The number of hydrogen-bond donors (Lipinski definition) is 1. The molecule has 0 amide bonds. The summed E-state index contributed by atoms with van der Waals surface area (Å²) in [5.41, 5.74) is 5.26. The van der Waals surface area contributed by atoms with Gasteiger partial charge in [-0.1, -0.05) is 42.1 Å². The highest BCUT2D eigenvalue weighted by molar-refractivity contribution is 7.98. The van der Waals surface area contributed by atoms with Crippen molar-refractivity contribution in [2.45, 2.75) is 30.7 Å². The van der Waals surface area contributed by atoms with E-state index in [1.54, 1.807) is 11.8 Å². The van der Waals surface area contributed by atoms with Crippen molar-refractivity contribution in [3.8, 4) is 0 Å². The third-order valence-electron chi connectivity index (χ3n) is 3.86. The molecule has 0 saturated heterocycles. The van der Waals surface area contributed by atoms with Crippen LogP contribution in [0, 0.1) is 0 Å². The largest absolute Gasteiger partial charge is 0.330 e. The van der Waals surface area contributed by atoms with Gasteiger partial charge in [-0.25, -0.2) is 0 Å². The Morgan fingerprint density at radius 2 is 2.10 bits per heavy atom. The number of fused-ring (bicyclic) bond motifs is 3. The molecule has 1 aliphatic carbocycles. The summed E-state index contributed by atoms with van der Waals surface area (Å²) >= 11 is 1.67. The van der Waals surface area contributed by atoms with Crippen molar-refractivity contribution in [3.05, 3.63) is 53.2 Å². The molecule has 0 spiro atoms. The number of benzene rings is 1. The summed E-state index contributed by atoms with van der Waals surface area (Å²) in [5.74, 6) is 1.72. The normalized spacial score (nSPS) is 16.3. The first kappa shape index (κ1) is 12.7. The minimum atomic E-state index is 0.822. The van der Waals surface area contributed by atoms with E-state index in [-0.39, 0.29) is 0 Å². The van der Waals surface area contributed by atoms with E-state index in [1.807, 2.05) is 10.7 Å². The molecule has 4 nitrogen and oxygen atoms in total. The fourth-order valence-corrected chi connectivity index (χ4v) is 3.55. The summed E-state index contributed by atoms with van der Waals surface area (Å²) in [5, 5.41) is 8.74. The minimum absolute atomic E-state index is 0.822. The van der Waals surface area contributed by atoms with Gasteiger partial charge in [-0.3, -0.25) is 0 Å². The van der Waals surface area contributed by atoms with Crippen molar-refractivity contribution in [3.63, 3.8) is 0 Å². The molecule has 2 aromatic rings. The first-order chi connectivity index (χ1) is 10.3. The van der Waals surface area contributed by atoms with Gasteiger partial charge in [-0.15, -0.1) is 5.10 Å². The average Bonchev–Trinajstić information content (AvgIpc) is 3.09. The first-order valence-electron chi connectivity index (χ1n) is 7.11. The molecule has 0 unspecified atom stereocenters.